The third kappa shape index (κ3) is 3.36. The standard InChI is InChI=1S/C19H25NO3/c1-12-4-3-5-16(6-12)19-17(22)8-14(9-18(19)23)7-15-10-20(11-15)13(2)21/h6,8-9,15-16,22-23H,3-5,7,10-11H2,1-2H3. The van der Waals surface area contributed by atoms with Crippen molar-refractivity contribution in [2.75, 3.05) is 13.1 Å². The molecule has 1 amide bonds. The Morgan fingerprint density at radius 2 is 1.91 bits per heavy atom. The number of likely N-dealkylation sites (tertiary alicyclic amines) is 1. The Kier molecular flexibility index (Phi) is 4.33. The normalized spacial score (nSPS) is 21.7. The van der Waals surface area contributed by atoms with E-state index in [1.54, 1.807) is 19.1 Å². The molecule has 4 nitrogen and oxygen atoms in total. The van der Waals surface area contributed by atoms with Gasteiger partial charge in [0.15, 0.2) is 0 Å². The van der Waals surface area contributed by atoms with Gasteiger partial charge in [0.25, 0.3) is 0 Å². The Balaban J connectivity index is 1.73. The topological polar surface area (TPSA) is 60.8 Å². The third-order valence-electron chi connectivity index (χ3n) is 5.07. The first-order chi connectivity index (χ1) is 10.9. The number of benzene rings is 1. The van der Waals surface area contributed by atoms with E-state index in [1.807, 2.05) is 4.90 Å². The lowest BCUT2D eigenvalue weighted by molar-refractivity contribution is -0.134. The van der Waals surface area contributed by atoms with Crippen LogP contribution >= 0.6 is 0 Å². The van der Waals surface area contributed by atoms with Crippen LogP contribution in [0.2, 0.25) is 0 Å². The predicted molar refractivity (Wildman–Crippen MR) is 89.6 cm³/mol. The van der Waals surface area contributed by atoms with Gasteiger partial charge in [-0.3, -0.25) is 4.79 Å². The predicted octanol–water partition coefficient (Wildman–Crippen LogP) is 3.33. The molecule has 1 aromatic carbocycles. The van der Waals surface area contributed by atoms with Crippen molar-refractivity contribution in [1.29, 1.82) is 0 Å². The van der Waals surface area contributed by atoms with Crippen LogP contribution in [0.25, 0.3) is 0 Å². The third-order valence-corrected chi connectivity index (χ3v) is 5.07. The van der Waals surface area contributed by atoms with Gasteiger partial charge in [-0.25, -0.2) is 0 Å². The summed E-state index contributed by atoms with van der Waals surface area (Å²) in [6.07, 6.45) is 6.11. The van der Waals surface area contributed by atoms with E-state index in [1.165, 1.54) is 5.57 Å². The van der Waals surface area contributed by atoms with Crippen LogP contribution in [0, 0.1) is 5.92 Å². The molecule has 2 N–H and O–H groups in total. The number of aromatic hydroxyl groups is 2. The van der Waals surface area contributed by atoms with Gasteiger partial charge in [0, 0.05) is 31.5 Å². The van der Waals surface area contributed by atoms with Crippen LogP contribution < -0.4 is 0 Å². The molecule has 1 aliphatic carbocycles. The minimum atomic E-state index is 0.106. The first-order valence-electron chi connectivity index (χ1n) is 8.41. The fraction of sp³-hybridized carbons (Fsp3) is 0.526. The van der Waals surface area contributed by atoms with Gasteiger partial charge in [-0.1, -0.05) is 11.6 Å². The molecule has 1 unspecified atom stereocenters. The molecule has 0 radical (unpaired) electrons. The molecule has 0 spiro atoms. The molecule has 23 heavy (non-hydrogen) atoms. The summed E-state index contributed by atoms with van der Waals surface area (Å²) in [7, 11) is 0. The van der Waals surface area contributed by atoms with E-state index in [0.717, 1.165) is 44.3 Å². The Labute approximate surface area is 137 Å². The summed E-state index contributed by atoms with van der Waals surface area (Å²) >= 11 is 0. The molecule has 0 bridgehead atoms. The Bertz CT molecular complexity index is 621. The van der Waals surface area contributed by atoms with Gasteiger partial charge in [0.2, 0.25) is 5.91 Å². The molecule has 1 saturated heterocycles. The van der Waals surface area contributed by atoms with Crippen molar-refractivity contribution in [3.8, 4) is 11.5 Å². The maximum absolute atomic E-state index is 11.2. The zero-order valence-corrected chi connectivity index (χ0v) is 13.9. The van der Waals surface area contributed by atoms with E-state index in [2.05, 4.69) is 13.0 Å². The van der Waals surface area contributed by atoms with Crippen LogP contribution in [0.5, 0.6) is 11.5 Å². The van der Waals surface area contributed by atoms with Crippen LogP contribution in [0.1, 0.15) is 50.2 Å². The molecule has 3 rings (SSSR count). The van der Waals surface area contributed by atoms with Crippen LogP contribution in [-0.2, 0) is 11.2 Å². The molecule has 2 aliphatic rings. The Morgan fingerprint density at radius 3 is 2.48 bits per heavy atom. The molecule has 0 saturated carbocycles. The maximum atomic E-state index is 11.2. The fourth-order valence-corrected chi connectivity index (χ4v) is 3.81. The Morgan fingerprint density at radius 1 is 1.26 bits per heavy atom. The lowest BCUT2D eigenvalue weighted by Gasteiger charge is -2.38. The molecule has 1 atom stereocenters. The van der Waals surface area contributed by atoms with Crippen molar-refractivity contribution in [1.82, 2.24) is 4.90 Å². The second-order valence-electron chi connectivity index (χ2n) is 7.05. The minimum absolute atomic E-state index is 0.106. The number of amides is 1. The summed E-state index contributed by atoms with van der Waals surface area (Å²) in [6, 6.07) is 3.56. The summed E-state index contributed by atoms with van der Waals surface area (Å²) in [5, 5.41) is 20.8. The van der Waals surface area contributed by atoms with Gasteiger partial charge in [-0.15, -0.1) is 0 Å². The SMILES string of the molecule is CC(=O)N1CC(Cc2cc(O)c(C3C=C(C)CCC3)c(O)c2)C1. The average Bonchev–Trinajstić information content (AvgIpc) is 2.41. The number of carbonyl (C=O) groups excluding carboxylic acids is 1. The second kappa shape index (κ2) is 6.26. The first-order valence-corrected chi connectivity index (χ1v) is 8.41. The Hall–Kier alpha value is -1.97. The lowest BCUT2D eigenvalue weighted by atomic mass is 9.84. The van der Waals surface area contributed by atoms with Crippen molar-refractivity contribution in [3.05, 3.63) is 34.9 Å². The van der Waals surface area contributed by atoms with Gasteiger partial charge in [0.05, 0.1) is 0 Å². The van der Waals surface area contributed by atoms with Crippen molar-refractivity contribution >= 4 is 5.91 Å². The van der Waals surface area contributed by atoms with Gasteiger partial charge < -0.3 is 15.1 Å². The highest BCUT2D eigenvalue weighted by Gasteiger charge is 2.29. The maximum Gasteiger partial charge on any atom is 0.219 e. The fourth-order valence-electron chi connectivity index (χ4n) is 3.81. The van der Waals surface area contributed by atoms with E-state index < -0.39 is 0 Å². The van der Waals surface area contributed by atoms with E-state index in [4.69, 9.17) is 0 Å². The summed E-state index contributed by atoms with van der Waals surface area (Å²) < 4.78 is 0. The monoisotopic (exact) mass is 315 g/mol. The number of hydrogen-bond donors (Lipinski definition) is 2. The number of nitrogens with zero attached hydrogens (tertiary/aromatic N) is 1. The lowest BCUT2D eigenvalue weighted by Crippen LogP contribution is -2.49. The number of rotatable bonds is 3. The zero-order valence-electron chi connectivity index (χ0n) is 13.9. The molecule has 1 aromatic rings. The molecule has 1 heterocycles. The van der Waals surface area contributed by atoms with Crippen LogP contribution in [0.3, 0.4) is 0 Å². The molecule has 1 aliphatic heterocycles. The van der Waals surface area contributed by atoms with Crippen molar-refractivity contribution in [2.45, 2.75) is 45.4 Å². The van der Waals surface area contributed by atoms with E-state index in [0.29, 0.717) is 11.5 Å². The largest absolute Gasteiger partial charge is 0.507 e. The quantitative estimate of drug-likeness (QED) is 0.841. The highest BCUT2D eigenvalue weighted by atomic mass is 16.3. The van der Waals surface area contributed by atoms with E-state index in [9.17, 15) is 15.0 Å². The molecule has 124 valence electrons. The van der Waals surface area contributed by atoms with Crippen LogP contribution in [0.4, 0.5) is 0 Å². The molecule has 0 aromatic heterocycles. The van der Waals surface area contributed by atoms with Crippen molar-refractivity contribution < 1.29 is 15.0 Å². The van der Waals surface area contributed by atoms with Gasteiger partial charge in [-0.2, -0.15) is 0 Å². The first kappa shape index (κ1) is 15.9. The number of phenols is 2. The van der Waals surface area contributed by atoms with Gasteiger partial charge in [-0.05, 0) is 56.2 Å². The minimum Gasteiger partial charge on any atom is -0.507 e. The summed E-state index contributed by atoms with van der Waals surface area (Å²) in [5.74, 6) is 1.02. The molecular weight excluding hydrogens is 290 g/mol. The second-order valence-corrected chi connectivity index (χ2v) is 7.05. The van der Waals surface area contributed by atoms with Crippen LogP contribution in [0.15, 0.2) is 23.8 Å². The molecule has 1 fully saturated rings. The number of phenolic OH excluding ortho intramolecular Hbond substituents is 2. The highest BCUT2D eigenvalue weighted by Crippen LogP contribution is 2.41. The van der Waals surface area contributed by atoms with Gasteiger partial charge >= 0.3 is 0 Å². The molecular formula is C19H25NO3. The summed E-state index contributed by atoms with van der Waals surface area (Å²) in [6.45, 7) is 5.22. The highest BCUT2D eigenvalue weighted by molar-refractivity contribution is 5.74. The van der Waals surface area contributed by atoms with Crippen molar-refractivity contribution in [3.63, 3.8) is 0 Å². The summed E-state index contributed by atoms with van der Waals surface area (Å²) in [4.78, 5) is 13.0. The zero-order chi connectivity index (χ0) is 16.6. The van der Waals surface area contributed by atoms with Crippen LogP contribution in [-0.4, -0.2) is 34.1 Å². The number of carbonyl (C=O) groups is 1. The van der Waals surface area contributed by atoms with Gasteiger partial charge in [0.1, 0.15) is 11.5 Å². The van der Waals surface area contributed by atoms with Crippen molar-refractivity contribution in [2.24, 2.45) is 5.92 Å². The van der Waals surface area contributed by atoms with E-state index in [-0.39, 0.29) is 23.3 Å². The van der Waals surface area contributed by atoms with E-state index >= 15 is 0 Å². The smallest absolute Gasteiger partial charge is 0.219 e. The molecule has 4 heteroatoms. The average molecular weight is 315 g/mol. The summed E-state index contributed by atoms with van der Waals surface area (Å²) in [5.41, 5.74) is 2.92. The number of hydrogen-bond acceptors (Lipinski definition) is 3. The number of allylic oxidation sites excluding steroid dienone is 2.